The van der Waals surface area contributed by atoms with E-state index in [1.165, 1.54) is 5.56 Å². The molecule has 0 spiro atoms. The average molecular weight is 280 g/mol. The smallest absolute Gasteiger partial charge is 0.134 e. The van der Waals surface area contributed by atoms with Crippen molar-refractivity contribution in [3.05, 3.63) is 65.4 Å². The van der Waals surface area contributed by atoms with E-state index in [4.69, 9.17) is 9.15 Å². The van der Waals surface area contributed by atoms with Crippen molar-refractivity contribution in [2.24, 2.45) is 0 Å². The van der Waals surface area contributed by atoms with Crippen LogP contribution in [-0.4, -0.2) is 11.7 Å². The number of furan rings is 1. The molecule has 3 nitrogen and oxygen atoms in total. The number of ether oxygens (including phenoxy) is 1. The Hall–Kier alpha value is -2.26. The second kappa shape index (κ2) is 4.93. The van der Waals surface area contributed by atoms with Gasteiger partial charge in [-0.15, -0.1) is 0 Å². The van der Waals surface area contributed by atoms with Gasteiger partial charge in [0.2, 0.25) is 0 Å². The molecule has 1 atom stereocenters. The number of para-hydroxylation sites is 2. The Kier molecular flexibility index (Phi) is 2.93. The molecule has 3 heteroatoms. The summed E-state index contributed by atoms with van der Waals surface area (Å²) >= 11 is 0. The maximum absolute atomic E-state index is 10.8. The van der Waals surface area contributed by atoms with Gasteiger partial charge in [-0.3, -0.25) is 0 Å². The summed E-state index contributed by atoms with van der Waals surface area (Å²) in [4.78, 5) is 0. The minimum atomic E-state index is -0.735. The number of aliphatic hydroxyl groups excluding tert-OH is 1. The lowest BCUT2D eigenvalue weighted by atomic mass is 9.95. The Morgan fingerprint density at radius 2 is 1.90 bits per heavy atom. The van der Waals surface area contributed by atoms with Gasteiger partial charge in [0.1, 0.15) is 17.4 Å². The fraction of sp³-hybridized carbons (Fsp3) is 0.222. The number of fused-ring (bicyclic) bond motifs is 2. The number of aryl methyl sites for hydroxylation is 1. The van der Waals surface area contributed by atoms with Crippen molar-refractivity contribution in [1.82, 2.24) is 0 Å². The van der Waals surface area contributed by atoms with Crippen LogP contribution in [0.4, 0.5) is 0 Å². The molecule has 1 aliphatic heterocycles. The first-order valence-corrected chi connectivity index (χ1v) is 7.23. The van der Waals surface area contributed by atoms with E-state index < -0.39 is 6.10 Å². The normalized spacial score (nSPS) is 15.5. The Morgan fingerprint density at radius 1 is 1.00 bits per heavy atom. The molecular formula is C18H16O3. The maximum atomic E-state index is 10.8. The molecule has 0 saturated carbocycles. The van der Waals surface area contributed by atoms with Gasteiger partial charge in [-0.25, -0.2) is 0 Å². The SMILES string of the molecule is OC(c1cccc2c1OCCC2)c1coc2ccccc12. The Bertz CT molecular complexity index is 788. The predicted molar refractivity (Wildman–Crippen MR) is 80.5 cm³/mol. The predicted octanol–water partition coefficient (Wildman–Crippen LogP) is 3.84. The van der Waals surface area contributed by atoms with Crippen molar-refractivity contribution >= 4 is 11.0 Å². The Labute approximate surface area is 122 Å². The second-order valence-corrected chi connectivity index (χ2v) is 5.38. The van der Waals surface area contributed by atoms with Gasteiger partial charge in [0, 0.05) is 16.5 Å². The van der Waals surface area contributed by atoms with Crippen LogP contribution in [0.5, 0.6) is 5.75 Å². The van der Waals surface area contributed by atoms with Crippen LogP contribution >= 0.6 is 0 Å². The van der Waals surface area contributed by atoms with Gasteiger partial charge in [0.25, 0.3) is 0 Å². The molecular weight excluding hydrogens is 264 g/mol. The maximum Gasteiger partial charge on any atom is 0.134 e. The van der Waals surface area contributed by atoms with Crippen LogP contribution in [0.25, 0.3) is 11.0 Å². The zero-order valence-electron chi connectivity index (χ0n) is 11.6. The quantitative estimate of drug-likeness (QED) is 0.775. The molecule has 1 aromatic heterocycles. The second-order valence-electron chi connectivity index (χ2n) is 5.38. The van der Waals surface area contributed by atoms with E-state index >= 15 is 0 Å². The molecule has 3 aromatic rings. The summed E-state index contributed by atoms with van der Waals surface area (Å²) < 4.78 is 11.3. The zero-order valence-corrected chi connectivity index (χ0v) is 11.6. The van der Waals surface area contributed by atoms with Crippen LogP contribution in [-0.2, 0) is 6.42 Å². The van der Waals surface area contributed by atoms with Crippen LogP contribution in [0, 0.1) is 0 Å². The zero-order chi connectivity index (χ0) is 14.2. The highest BCUT2D eigenvalue weighted by Crippen LogP contribution is 2.38. The van der Waals surface area contributed by atoms with E-state index in [2.05, 4.69) is 6.07 Å². The molecule has 4 rings (SSSR count). The highest BCUT2D eigenvalue weighted by molar-refractivity contribution is 5.81. The first kappa shape index (κ1) is 12.5. The summed E-state index contributed by atoms with van der Waals surface area (Å²) in [7, 11) is 0. The first-order valence-electron chi connectivity index (χ1n) is 7.23. The van der Waals surface area contributed by atoms with Gasteiger partial charge < -0.3 is 14.3 Å². The molecule has 0 aliphatic carbocycles. The summed E-state index contributed by atoms with van der Waals surface area (Å²) in [5.74, 6) is 0.835. The van der Waals surface area contributed by atoms with Gasteiger partial charge >= 0.3 is 0 Å². The minimum Gasteiger partial charge on any atom is -0.493 e. The third-order valence-corrected chi connectivity index (χ3v) is 4.06. The fourth-order valence-corrected chi connectivity index (χ4v) is 3.01. The molecule has 0 amide bonds. The summed E-state index contributed by atoms with van der Waals surface area (Å²) in [5.41, 5.74) is 3.56. The van der Waals surface area contributed by atoms with Crippen molar-refractivity contribution < 1.29 is 14.3 Å². The van der Waals surface area contributed by atoms with Crippen molar-refractivity contribution in [1.29, 1.82) is 0 Å². The fourth-order valence-electron chi connectivity index (χ4n) is 3.01. The molecule has 0 bridgehead atoms. The largest absolute Gasteiger partial charge is 0.493 e. The van der Waals surface area contributed by atoms with Crippen LogP contribution in [0.2, 0.25) is 0 Å². The Balaban J connectivity index is 1.83. The van der Waals surface area contributed by atoms with Crippen molar-refractivity contribution in [2.45, 2.75) is 18.9 Å². The van der Waals surface area contributed by atoms with E-state index in [1.807, 2.05) is 36.4 Å². The molecule has 0 fully saturated rings. The first-order chi connectivity index (χ1) is 10.3. The number of aliphatic hydroxyl groups is 1. The standard InChI is InChI=1S/C18H16O3/c19-17(15-11-21-16-9-2-1-7-13(15)16)14-8-3-5-12-6-4-10-20-18(12)14/h1-3,5,7-9,11,17,19H,4,6,10H2. The summed E-state index contributed by atoms with van der Waals surface area (Å²) in [5, 5.41) is 11.7. The highest BCUT2D eigenvalue weighted by Gasteiger charge is 2.23. The molecule has 106 valence electrons. The molecule has 21 heavy (non-hydrogen) atoms. The lowest BCUT2D eigenvalue weighted by Gasteiger charge is -2.22. The van der Waals surface area contributed by atoms with E-state index in [-0.39, 0.29) is 0 Å². The summed E-state index contributed by atoms with van der Waals surface area (Å²) in [6.45, 7) is 0.711. The molecule has 1 unspecified atom stereocenters. The molecule has 1 aliphatic rings. The van der Waals surface area contributed by atoms with E-state index in [1.54, 1.807) is 6.26 Å². The number of benzene rings is 2. The molecule has 2 aromatic carbocycles. The van der Waals surface area contributed by atoms with E-state index in [9.17, 15) is 5.11 Å². The Morgan fingerprint density at radius 3 is 2.86 bits per heavy atom. The van der Waals surface area contributed by atoms with Crippen molar-refractivity contribution in [2.75, 3.05) is 6.61 Å². The molecule has 1 N–H and O–H groups in total. The van der Waals surface area contributed by atoms with Crippen LogP contribution in [0.1, 0.15) is 29.2 Å². The topological polar surface area (TPSA) is 42.6 Å². The van der Waals surface area contributed by atoms with Gasteiger partial charge in [-0.1, -0.05) is 36.4 Å². The summed E-state index contributed by atoms with van der Waals surface area (Å²) in [6, 6.07) is 13.7. The third-order valence-electron chi connectivity index (χ3n) is 4.06. The number of hydrogen-bond acceptors (Lipinski definition) is 3. The van der Waals surface area contributed by atoms with E-state index in [0.29, 0.717) is 6.61 Å². The highest BCUT2D eigenvalue weighted by atomic mass is 16.5. The summed E-state index contributed by atoms with van der Waals surface area (Å²) in [6.07, 6.45) is 2.93. The van der Waals surface area contributed by atoms with Gasteiger partial charge in [-0.2, -0.15) is 0 Å². The van der Waals surface area contributed by atoms with Gasteiger partial charge in [0.15, 0.2) is 0 Å². The van der Waals surface area contributed by atoms with Crippen molar-refractivity contribution in [3.63, 3.8) is 0 Å². The van der Waals surface area contributed by atoms with Crippen molar-refractivity contribution in [3.8, 4) is 5.75 Å². The minimum absolute atomic E-state index is 0.711. The van der Waals surface area contributed by atoms with E-state index in [0.717, 1.165) is 40.7 Å². The average Bonchev–Trinajstić information content (AvgIpc) is 2.98. The molecule has 0 radical (unpaired) electrons. The van der Waals surface area contributed by atoms with Gasteiger partial charge in [-0.05, 0) is 24.5 Å². The lowest BCUT2D eigenvalue weighted by Crippen LogP contribution is -2.12. The van der Waals surface area contributed by atoms with Gasteiger partial charge in [0.05, 0.1) is 12.9 Å². The number of hydrogen-bond donors (Lipinski definition) is 1. The van der Waals surface area contributed by atoms with Crippen LogP contribution in [0.15, 0.2) is 53.1 Å². The third kappa shape index (κ3) is 2.01. The molecule has 2 heterocycles. The van der Waals surface area contributed by atoms with Crippen LogP contribution < -0.4 is 4.74 Å². The number of rotatable bonds is 2. The van der Waals surface area contributed by atoms with Crippen LogP contribution in [0.3, 0.4) is 0 Å². The molecule has 0 saturated heterocycles. The lowest BCUT2D eigenvalue weighted by molar-refractivity contribution is 0.207. The monoisotopic (exact) mass is 280 g/mol.